The van der Waals surface area contributed by atoms with Gasteiger partial charge in [0.25, 0.3) is 0 Å². The third-order valence-corrected chi connectivity index (χ3v) is 5.09. The molecule has 2 aliphatic rings. The highest BCUT2D eigenvalue weighted by atomic mass is 16.5. The van der Waals surface area contributed by atoms with Crippen molar-refractivity contribution in [3.63, 3.8) is 0 Å². The van der Waals surface area contributed by atoms with Crippen LogP contribution in [-0.4, -0.2) is 67.7 Å². The van der Waals surface area contributed by atoms with E-state index in [1.165, 1.54) is 6.07 Å². The van der Waals surface area contributed by atoms with Crippen LogP contribution in [0.1, 0.15) is 23.7 Å². The molecule has 6 atom stereocenters. The van der Waals surface area contributed by atoms with E-state index in [0.717, 1.165) is 0 Å². The lowest BCUT2D eigenvalue weighted by atomic mass is 9.74. The lowest BCUT2D eigenvalue weighted by molar-refractivity contribution is -0.193. The molecule has 1 aromatic rings. The molecule has 0 bridgehead atoms. The molecule has 0 amide bonds. The lowest BCUT2D eigenvalue weighted by Gasteiger charge is -2.45. The molecule has 1 aliphatic heterocycles. The fraction of sp³-hybridized carbons (Fsp3) is 0.625. The molecule has 6 unspecified atom stereocenters. The zero-order chi connectivity index (χ0) is 17.6. The third kappa shape index (κ3) is 2.75. The minimum Gasteiger partial charge on any atom is -0.504 e. The molecule has 134 valence electrons. The molecule has 0 radical (unpaired) electrons. The minimum atomic E-state index is -1.28. The Bertz CT molecular complexity index is 596. The molecule has 8 N–H and O–H groups in total. The SMILES string of the molecule is NCC1OC(C2C(O)C(O)CC(O)C2O)Cc2c1ccc(O)c2O. The Labute approximate surface area is 138 Å². The second-order valence-corrected chi connectivity index (χ2v) is 6.53. The maximum Gasteiger partial charge on any atom is 0.161 e. The van der Waals surface area contributed by atoms with E-state index in [4.69, 9.17) is 10.5 Å². The Morgan fingerprint density at radius 2 is 1.67 bits per heavy atom. The van der Waals surface area contributed by atoms with Crippen molar-refractivity contribution in [3.05, 3.63) is 23.3 Å². The van der Waals surface area contributed by atoms with E-state index in [0.29, 0.717) is 11.1 Å². The summed E-state index contributed by atoms with van der Waals surface area (Å²) in [6.45, 7) is 0.0950. The van der Waals surface area contributed by atoms with Gasteiger partial charge in [-0.1, -0.05) is 6.07 Å². The van der Waals surface area contributed by atoms with Crippen LogP contribution in [0.2, 0.25) is 0 Å². The van der Waals surface area contributed by atoms with E-state index in [1.807, 2.05) is 0 Å². The Hall–Kier alpha value is -1.42. The van der Waals surface area contributed by atoms with Gasteiger partial charge >= 0.3 is 0 Å². The van der Waals surface area contributed by atoms with Gasteiger partial charge in [0.15, 0.2) is 11.5 Å². The van der Waals surface area contributed by atoms with Crippen molar-refractivity contribution in [2.45, 2.75) is 49.5 Å². The number of phenols is 2. The standard InChI is InChI=1S/C16H23NO7/c17-5-12-6-1-2-8(18)14(21)7(6)3-11(24-12)13-15(22)9(19)4-10(20)16(13)23/h1-2,9-13,15-16,18-23H,3-5,17H2. The number of aliphatic hydroxyl groups excluding tert-OH is 4. The second kappa shape index (κ2) is 6.47. The summed E-state index contributed by atoms with van der Waals surface area (Å²) in [7, 11) is 0. The van der Waals surface area contributed by atoms with Crippen LogP contribution in [-0.2, 0) is 11.2 Å². The van der Waals surface area contributed by atoms with Crippen LogP contribution < -0.4 is 5.73 Å². The van der Waals surface area contributed by atoms with Gasteiger partial charge in [-0.25, -0.2) is 0 Å². The highest BCUT2D eigenvalue weighted by Gasteiger charge is 2.48. The summed E-state index contributed by atoms with van der Waals surface area (Å²) in [6.07, 6.45) is -6.35. The highest BCUT2D eigenvalue weighted by Crippen LogP contribution is 2.43. The summed E-state index contributed by atoms with van der Waals surface area (Å²) >= 11 is 0. The van der Waals surface area contributed by atoms with E-state index in [-0.39, 0.29) is 30.9 Å². The first-order valence-corrected chi connectivity index (χ1v) is 7.96. The normalized spacial score (nSPS) is 39.5. The molecule has 8 heteroatoms. The fourth-order valence-corrected chi connectivity index (χ4v) is 3.78. The Balaban J connectivity index is 1.96. The van der Waals surface area contributed by atoms with Gasteiger partial charge in [0.2, 0.25) is 0 Å². The Morgan fingerprint density at radius 3 is 2.25 bits per heavy atom. The fourth-order valence-electron chi connectivity index (χ4n) is 3.78. The maximum absolute atomic E-state index is 10.3. The first-order valence-electron chi connectivity index (χ1n) is 7.96. The van der Waals surface area contributed by atoms with Gasteiger partial charge in [-0.15, -0.1) is 0 Å². The topological polar surface area (TPSA) is 157 Å². The summed E-state index contributed by atoms with van der Waals surface area (Å²) in [6, 6.07) is 2.95. The molecule has 0 aromatic heterocycles. The summed E-state index contributed by atoms with van der Waals surface area (Å²) in [5.74, 6) is -1.53. The Morgan fingerprint density at radius 1 is 1.04 bits per heavy atom. The van der Waals surface area contributed by atoms with Crippen LogP contribution in [0, 0.1) is 5.92 Å². The second-order valence-electron chi connectivity index (χ2n) is 6.53. The number of ether oxygens (including phenoxy) is 1. The van der Waals surface area contributed by atoms with E-state index < -0.39 is 42.5 Å². The largest absolute Gasteiger partial charge is 0.504 e. The molecule has 0 spiro atoms. The average Bonchev–Trinajstić information content (AvgIpc) is 2.56. The predicted octanol–water partition coefficient (Wildman–Crippen LogP) is -1.50. The first kappa shape index (κ1) is 17.4. The summed E-state index contributed by atoms with van der Waals surface area (Å²) in [5, 5.41) is 60.2. The van der Waals surface area contributed by atoms with Gasteiger partial charge in [0.1, 0.15) is 0 Å². The molecule has 1 aliphatic carbocycles. The van der Waals surface area contributed by atoms with Crippen molar-refractivity contribution in [3.8, 4) is 11.5 Å². The first-order chi connectivity index (χ1) is 11.3. The van der Waals surface area contributed by atoms with E-state index >= 15 is 0 Å². The summed E-state index contributed by atoms with van der Waals surface area (Å²) in [4.78, 5) is 0. The van der Waals surface area contributed by atoms with Crippen molar-refractivity contribution < 1.29 is 35.4 Å². The summed E-state index contributed by atoms with van der Waals surface area (Å²) < 4.78 is 5.87. The van der Waals surface area contributed by atoms with E-state index in [2.05, 4.69) is 0 Å². The van der Waals surface area contributed by atoms with Crippen molar-refractivity contribution in [2.24, 2.45) is 11.7 Å². The number of benzene rings is 1. The van der Waals surface area contributed by atoms with Gasteiger partial charge < -0.3 is 41.1 Å². The zero-order valence-corrected chi connectivity index (χ0v) is 13.0. The molecular formula is C16H23NO7. The number of aliphatic hydroxyl groups is 4. The van der Waals surface area contributed by atoms with Crippen molar-refractivity contribution in [1.29, 1.82) is 0 Å². The van der Waals surface area contributed by atoms with Crippen LogP contribution in [0.3, 0.4) is 0 Å². The molecule has 8 nitrogen and oxygen atoms in total. The quantitative estimate of drug-likeness (QED) is 0.320. The number of fused-ring (bicyclic) bond motifs is 1. The molecule has 1 aromatic carbocycles. The van der Waals surface area contributed by atoms with Gasteiger partial charge in [-0.2, -0.15) is 0 Å². The molecular weight excluding hydrogens is 318 g/mol. The predicted molar refractivity (Wildman–Crippen MR) is 82.3 cm³/mol. The highest BCUT2D eigenvalue weighted by molar-refractivity contribution is 5.51. The van der Waals surface area contributed by atoms with Gasteiger partial charge in [0, 0.05) is 30.9 Å². The minimum absolute atomic E-state index is 0.0950. The number of aromatic hydroxyl groups is 2. The number of hydrogen-bond donors (Lipinski definition) is 7. The Kier molecular flexibility index (Phi) is 4.69. The molecule has 1 fully saturated rings. The van der Waals surface area contributed by atoms with E-state index in [1.54, 1.807) is 6.07 Å². The maximum atomic E-state index is 10.3. The zero-order valence-electron chi connectivity index (χ0n) is 13.0. The van der Waals surface area contributed by atoms with Crippen LogP contribution in [0.25, 0.3) is 0 Å². The van der Waals surface area contributed by atoms with Gasteiger partial charge in [-0.05, 0) is 11.6 Å². The number of rotatable bonds is 2. The smallest absolute Gasteiger partial charge is 0.161 e. The lowest BCUT2D eigenvalue weighted by Crippen LogP contribution is -2.58. The summed E-state index contributed by atoms with van der Waals surface area (Å²) in [5.41, 5.74) is 6.79. The third-order valence-electron chi connectivity index (χ3n) is 5.09. The van der Waals surface area contributed by atoms with Crippen molar-refractivity contribution in [2.75, 3.05) is 6.54 Å². The van der Waals surface area contributed by atoms with Crippen LogP contribution in [0.15, 0.2) is 12.1 Å². The van der Waals surface area contributed by atoms with E-state index in [9.17, 15) is 30.6 Å². The van der Waals surface area contributed by atoms with Gasteiger partial charge in [0.05, 0.1) is 36.6 Å². The monoisotopic (exact) mass is 341 g/mol. The van der Waals surface area contributed by atoms with Crippen molar-refractivity contribution in [1.82, 2.24) is 0 Å². The molecule has 24 heavy (non-hydrogen) atoms. The molecule has 1 heterocycles. The van der Waals surface area contributed by atoms with Crippen LogP contribution >= 0.6 is 0 Å². The molecule has 1 saturated carbocycles. The number of nitrogens with two attached hydrogens (primary N) is 1. The van der Waals surface area contributed by atoms with Gasteiger partial charge in [-0.3, -0.25) is 0 Å². The number of hydrogen-bond acceptors (Lipinski definition) is 8. The average molecular weight is 341 g/mol. The van der Waals surface area contributed by atoms with Crippen LogP contribution in [0.4, 0.5) is 0 Å². The van der Waals surface area contributed by atoms with Crippen molar-refractivity contribution >= 4 is 0 Å². The molecule has 3 rings (SSSR count). The number of phenolic OH excluding ortho intramolecular Hbond substituents is 2. The molecule has 0 saturated heterocycles. The van der Waals surface area contributed by atoms with Crippen LogP contribution in [0.5, 0.6) is 11.5 Å².